The molecule has 0 fully saturated rings. The molecular weight excluding hydrogens is 308 g/mol. The number of rotatable bonds is 3. The van der Waals surface area contributed by atoms with E-state index < -0.39 is 0 Å². The van der Waals surface area contributed by atoms with Crippen LogP contribution in [0.2, 0.25) is 5.02 Å². The zero-order chi connectivity index (χ0) is 16.2. The quantitative estimate of drug-likeness (QED) is 0.740. The van der Waals surface area contributed by atoms with E-state index in [4.69, 9.17) is 11.6 Å². The van der Waals surface area contributed by atoms with Gasteiger partial charge in [0.25, 0.3) is 5.91 Å². The van der Waals surface area contributed by atoms with Crippen molar-refractivity contribution in [3.63, 3.8) is 0 Å². The van der Waals surface area contributed by atoms with Crippen LogP contribution in [0.5, 0.6) is 0 Å². The molecule has 3 nitrogen and oxygen atoms in total. The van der Waals surface area contributed by atoms with Crippen LogP contribution in [0.15, 0.2) is 66.9 Å². The number of hydrogen-bond acceptors (Lipinski definition) is 2. The number of carbonyl (C=O) groups excluding carboxylic acids is 1. The molecular formula is C19H15ClN2O. The lowest BCUT2D eigenvalue weighted by molar-refractivity contribution is 0.102. The summed E-state index contributed by atoms with van der Waals surface area (Å²) in [6.45, 7) is 2.04. The van der Waals surface area contributed by atoms with Gasteiger partial charge in [-0.25, -0.2) is 0 Å². The Morgan fingerprint density at radius 2 is 1.74 bits per heavy atom. The van der Waals surface area contributed by atoms with E-state index in [-0.39, 0.29) is 5.91 Å². The van der Waals surface area contributed by atoms with Gasteiger partial charge in [0, 0.05) is 22.5 Å². The topological polar surface area (TPSA) is 42.0 Å². The van der Waals surface area contributed by atoms with Gasteiger partial charge in [-0.05, 0) is 48.9 Å². The molecule has 0 saturated heterocycles. The van der Waals surface area contributed by atoms with E-state index in [9.17, 15) is 4.79 Å². The first kappa shape index (κ1) is 15.3. The average Bonchev–Trinajstić information content (AvgIpc) is 2.57. The number of aromatic nitrogens is 1. The van der Waals surface area contributed by atoms with Gasteiger partial charge in [-0.1, -0.05) is 35.9 Å². The highest BCUT2D eigenvalue weighted by Gasteiger charge is 2.08. The lowest BCUT2D eigenvalue weighted by Crippen LogP contribution is -2.12. The number of anilines is 1. The van der Waals surface area contributed by atoms with E-state index in [0.717, 1.165) is 16.8 Å². The summed E-state index contributed by atoms with van der Waals surface area (Å²) in [4.78, 5) is 16.6. The molecule has 0 radical (unpaired) electrons. The molecule has 114 valence electrons. The minimum absolute atomic E-state index is 0.198. The molecule has 4 heteroatoms. The molecule has 0 spiro atoms. The normalized spacial score (nSPS) is 10.3. The van der Waals surface area contributed by atoms with Crippen LogP contribution in [-0.4, -0.2) is 10.9 Å². The van der Waals surface area contributed by atoms with E-state index in [2.05, 4.69) is 10.3 Å². The molecule has 0 aliphatic heterocycles. The Labute approximate surface area is 140 Å². The largest absolute Gasteiger partial charge is 0.322 e. The van der Waals surface area contributed by atoms with Crippen LogP contribution in [0, 0.1) is 6.92 Å². The standard InChI is InChI=1S/C19H15ClN2O/c1-13-4-2-3-5-17(13)18-11-6-14(12-21-18)19(23)22-16-9-7-15(20)8-10-16/h2-12H,1H3,(H,22,23). The Hall–Kier alpha value is -2.65. The third kappa shape index (κ3) is 3.58. The van der Waals surface area contributed by atoms with Crippen LogP contribution in [0.3, 0.4) is 0 Å². The summed E-state index contributed by atoms with van der Waals surface area (Å²) in [5, 5.41) is 3.45. The van der Waals surface area contributed by atoms with Crippen molar-refractivity contribution in [2.24, 2.45) is 0 Å². The Morgan fingerprint density at radius 1 is 1.00 bits per heavy atom. The predicted molar refractivity (Wildman–Crippen MR) is 93.8 cm³/mol. The van der Waals surface area contributed by atoms with Crippen molar-refractivity contribution in [1.82, 2.24) is 4.98 Å². The number of aryl methyl sites for hydroxylation is 1. The van der Waals surface area contributed by atoms with Crippen LogP contribution >= 0.6 is 11.6 Å². The number of nitrogens with zero attached hydrogens (tertiary/aromatic N) is 1. The van der Waals surface area contributed by atoms with E-state index in [1.807, 2.05) is 37.3 Å². The summed E-state index contributed by atoms with van der Waals surface area (Å²) in [5.74, 6) is -0.198. The van der Waals surface area contributed by atoms with Crippen LogP contribution in [0.25, 0.3) is 11.3 Å². The van der Waals surface area contributed by atoms with Gasteiger partial charge >= 0.3 is 0 Å². The molecule has 1 N–H and O–H groups in total. The SMILES string of the molecule is Cc1ccccc1-c1ccc(C(=O)Nc2ccc(Cl)cc2)cn1. The van der Waals surface area contributed by atoms with Crippen molar-refractivity contribution < 1.29 is 4.79 Å². The van der Waals surface area contributed by atoms with Gasteiger partial charge in [0.15, 0.2) is 0 Å². The molecule has 0 aliphatic carbocycles. The fourth-order valence-electron chi connectivity index (χ4n) is 2.28. The van der Waals surface area contributed by atoms with Crippen molar-refractivity contribution in [2.45, 2.75) is 6.92 Å². The molecule has 0 bridgehead atoms. The number of carbonyl (C=O) groups is 1. The Balaban J connectivity index is 1.78. The van der Waals surface area contributed by atoms with Gasteiger partial charge in [0.2, 0.25) is 0 Å². The first-order valence-electron chi connectivity index (χ1n) is 7.22. The van der Waals surface area contributed by atoms with E-state index in [1.165, 1.54) is 0 Å². The van der Waals surface area contributed by atoms with Gasteiger partial charge in [-0.15, -0.1) is 0 Å². The zero-order valence-corrected chi connectivity index (χ0v) is 13.3. The van der Waals surface area contributed by atoms with Crippen LogP contribution < -0.4 is 5.32 Å². The lowest BCUT2D eigenvalue weighted by atomic mass is 10.0. The van der Waals surface area contributed by atoms with Gasteiger partial charge < -0.3 is 5.32 Å². The fourth-order valence-corrected chi connectivity index (χ4v) is 2.41. The van der Waals surface area contributed by atoms with E-state index in [1.54, 1.807) is 36.5 Å². The molecule has 1 heterocycles. The first-order chi connectivity index (χ1) is 11.1. The number of pyridine rings is 1. The molecule has 0 saturated carbocycles. The zero-order valence-electron chi connectivity index (χ0n) is 12.6. The van der Waals surface area contributed by atoms with E-state index >= 15 is 0 Å². The third-order valence-corrected chi connectivity index (χ3v) is 3.80. The van der Waals surface area contributed by atoms with Crippen LogP contribution in [0.1, 0.15) is 15.9 Å². The first-order valence-corrected chi connectivity index (χ1v) is 7.60. The molecule has 3 rings (SSSR count). The summed E-state index contributed by atoms with van der Waals surface area (Å²) in [6, 6.07) is 18.7. The summed E-state index contributed by atoms with van der Waals surface area (Å²) >= 11 is 5.83. The summed E-state index contributed by atoms with van der Waals surface area (Å²) in [6.07, 6.45) is 1.59. The van der Waals surface area contributed by atoms with Crippen molar-refractivity contribution >= 4 is 23.2 Å². The van der Waals surface area contributed by atoms with Crippen LogP contribution in [-0.2, 0) is 0 Å². The molecule has 23 heavy (non-hydrogen) atoms. The highest BCUT2D eigenvalue weighted by atomic mass is 35.5. The Kier molecular flexibility index (Phi) is 4.40. The molecule has 1 aromatic heterocycles. The van der Waals surface area contributed by atoms with E-state index in [0.29, 0.717) is 16.3 Å². The van der Waals surface area contributed by atoms with Gasteiger partial charge in [0.1, 0.15) is 0 Å². The fraction of sp³-hybridized carbons (Fsp3) is 0.0526. The second-order valence-corrected chi connectivity index (χ2v) is 5.64. The molecule has 0 atom stereocenters. The minimum atomic E-state index is -0.198. The Morgan fingerprint density at radius 3 is 2.39 bits per heavy atom. The van der Waals surface area contributed by atoms with Crippen molar-refractivity contribution in [2.75, 3.05) is 5.32 Å². The maximum Gasteiger partial charge on any atom is 0.257 e. The summed E-state index contributed by atoms with van der Waals surface area (Å²) in [7, 11) is 0. The molecule has 1 amide bonds. The van der Waals surface area contributed by atoms with Gasteiger partial charge in [-0.2, -0.15) is 0 Å². The number of amides is 1. The van der Waals surface area contributed by atoms with Crippen LogP contribution in [0.4, 0.5) is 5.69 Å². The molecule has 0 unspecified atom stereocenters. The van der Waals surface area contributed by atoms with Gasteiger partial charge in [0.05, 0.1) is 11.3 Å². The molecule has 0 aliphatic rings. The maximum atomic E-state index is 12.2. The number of nitrogens with one attached hydrogen (secondary N) is 1. The maximum absolute atomic E-state index is 12.2. The Bertz CT molecular complexity index is 827. The van der Waals surface area contributed by atoms with Crippen molar-refractivity contribution in [1.29, 1.82) is 0 Å². The molecule has 2 aromatic carbocycles. The molecule has 3 aromatic rings. The minimum Gasteiger partial charge on any atom is -0.322 e. The second kappa shape index (κ2) is 6.63. The van der Waals surface area contributed by atoms with Crippen molar-refractivity contribution in [3.05, 3.63) is 83.0 Å². The summed E-state index contributed by atoms with van der Waals surface area (Å²) < 4.78 is 0. The highest BCUT2D eigenvalue weighted by molar-refractivity contribution is 6.30. The predicted octanol–water partition coefficient (Wildman–Crippen LogP) is 4.96. The number of hydrogen-bond donors (Lipinski definition) is 1. The lowest BCUT2D eigenvalue weighted by Gasteiger charge is -2.07. The highest BCUT2D eigenvalue weighted by Crippen LogP contribution is 2.21. The summed E-state index contributed by atoms with van der Waals surface area (Å²) in [5.41, 5.74) is 4.28. The smallest absolute Gasteiger partial charge is 0.257 e. The second-order valence-electron chi connectivity index (χ2n) is 5.21. The van der Waals surface area contributed by atoms with Gasteiger partial charge in [-0.3, -0.25) is 9.78 Å². The monoisotopic (exact) mass is 322 g/mol. The number of halogens is 1. The number of benzene rings is 2. The van der Waals surface area contributed by atoms with Crippen molar-refractivity contribution in [3.8, 4) is 11.3 Å². The average molecular weight is 323 g/mol. The third-order valence-electron chi connectivity index (χ3n) is 3.55.